The molecule has 1 aliphatic rings. The number of carbonyl (C=O) groups is 2. The quantitative estimate of drug-likeness (QED) is 0.663. The minimum absolute atomic E-state index is 0.0283. The van der Waals surface area contributed by atoms with E-state index in [4.69, 9.17) is 0 Å². The van der Waals surface area contributed by atoms with E-state index in [-0.39, 0.29) is 11.9 Å². The van der Waals surface area contributed by atoms with Gasteiger partial charge in [0, 0.05) is 49.5 Å². The lowest BCUT2D eigenvalue weighted by atomic mass is 10.1. The molecule has 4 rings (SSSR count). The second kappa shape index (κ2) is 9.90. The Balaban J connectivity index is 1.36. The maximum absolute atomic E-state index is 12.9. The second-order valence-corrected chi connectivity index (χ2v) is 8.56. The van der Waals surface area contributed by atoms with Gasteiger partial charge < -0.3 is 15.1 Å². The van der Waals surface area contributed by atoms with Gasteiger partial charge in [-0.2, -0.15) is 5.10 Å². The Kier molecular flexibility index (Phi) is 6.77. The van der Waals surface area contributed by atoms with Crippen molar-refractivity contribution in [3.63, 3.8) is 0 Å². The van der Waals surface area contributed by atoms with Crippen LogP contribution >= 0.6 is 0 Å². The number of amides is 3. The topological polar surface area (TPSA) is 70.5 Å². The molecule has 0 spiro atoms. The van der Waals surface area contributed by atoms with Crippen molar-refractivity contribution in [2.75, 3.05) is 26.2 Å². The first-order valence-corrected chi connectivity index (χ1v) is 11.4. The number of rotatable bonds is 4. The van der Waals surface area contributed by atoms with Crippen LogP contribution in [0.4, 0.5) is 4.79 Å². The molecule has 3 amide bonds. The summed E-state index contributed by atoms with van der Waals surface area (Å²) in [4.78, 5) is 29.4. The molecular formula is C26H31N5O2. The number of aryl methyl sites for hydroxylation is 2. The van der Waals surface area contributed by atoms with E-state index in [0.717, 1.165) is 34.6 Å². The number of benzene rings is 2. The molecule has 33 heavy (non-hydrogen) atoms. The van der Waals surface area contributed by atoms with Crippen LogP contribution in [0.5, 0.6) is 0 Å². The van der Waals surface area contributed by atoms with E-state index in [1.54, 1.807) is 4.90 Å². The van der Waals surface area contributed by atoms with Gasteiger partial charge in [0.2, 0.25) is 0 Å². The molecule has 0 bridgehead atoms. The fourth-order valence-corrected chi connectivity index (χ4v) is 4.31. The zero-order valence-electron chi connectivity index (χ0n) is 19.5. The van der Waals surface area contributed by atoms with Gasteiger partial charge in [0.05, 0.1) is 11.4 Å². The van der Waals surface area contributed by atoms with Crippen LogP contribution in [0.2, 0.25) is 0 Å². The Labute approximate surface area is 195 Å². The fraction of sp³-hybridized carbons (Fsp3) is 0.346. The van der Waals surface area contributed by atoms with Crippen molar-refractivity contribution in [1.29, 1.82) is 0 Å². The molecule has 0 atom stereocenters. The van der Waals surface area contributed by atoms with E-state index in [9.17, 15) is 9.59 Å². The van der Waals surface area contributed by atoms with E-state index in [1.165, 1.54) is 0 Å². The Morgan fingerprint density at radius 2 is 1.64 bits per heavy atom. The van der Waals surface area contributed by atoms with Gasteiger partial charge in [-0.3, -0.25) is 4.79 Å². The highest BCUT2D eigenvalue weighted by Crippen LogP contribution is 2.18. The van der Waals surface area contributed by atoms with Crippen molar-refractivity contribution in [2.45, 2.75) is 33.7 Å². The van der Waals surface area contributed by atoms with Crippen LogP contribution < -0.4 is 5.32 Å². The molecular weight excluding hydrogens is 414 g/mol. The van der Waals surface area contributed by atoms with Crippen molar-refractivity contribution >= 4 is 11.9 Å². The van der Waals surface area contributed by atoms with Gasteiger partial charge in [-0.05, 0) is 51.5 Å². The van der Waals surface area contributed by atoms with Gasteiger partial charge in [0.25, 0.3) is 5.91 Å². The predicted octanol–water partition coefficient (Wildman–Crippen LogP) is 3.86. The molecule has 1 fully saturated rings. The maximum atomic E-state index is 12.9. The minimum atomic E-state index is -0.105. The average molecular weight is 446 g/mol. The summed E-state index contributed by atoms with van der Waals surface area (Å²) in [6.45, 7) is 8.73. The molecule has 3 aromatic rings. The molecule has 0 aliphatic carbocycles. The van der Waals surface area contributed by atoms with E-state index in [2.05, 4.69) is 10.4 Å². The highest BCUT2D eigenvalue weighted by molar-refractivity contribution is 5.94. The Hall–Kier alpha value is -3.61. The molecule has 2 heterocycles. The average Bonchev–Trinajstić information content (AvgIpc) is 2.98. The second-order valence-electron chi connectivity index (χ2n) is 8.56. The standard InChI is InChI=1S/C26H31N5O2/c1-19-9-7-10-22(17-19)25(32)29-13-8-14-30(16-15-29)26(33)27-18-24-20(2)28-31(21(24)3)23-11-5-4-6-12-23/h4-7,9-12,17H,8,13-16,18H2,1-3H3,(H,27,33). The van der Waals surface area contributed by atoms with Crippen molar-refractivity contribution in [3.05, 3.63) is 82.7 Å². The number of para-hydroxylation sites is 1. The van der Waals surface area contributed by atoms with Crippen molar-refractivity contribution in [1.82, 2.24) is 24.9 Å². The lowest BCUT2D eigenvalue weighted by Crippen LogP contribution is -2.42. The first kappa shape index (κ1) is 22.6. The largest absolute Gasteiger partial charge is 0.337 e. The van der Waals surface area contributed by atoms with Crippen molar-refractivity contribution in [3.8, 4) is 5.69 Å². The summed E-state index contributed by atoms with van der Waals surface area (Å²) in [6.07, 6.45) is 0.759. The molecule has 0 saturated carbocycles. The Morgan fingerprint density at radius 1 is 0.909 bits per heavy atom. The summed E-state index contributed by atoms with van der Waals surface area (Å²) in [5.74, 6) is 0.0283. The van der Waals surface area contributed by atoms with E-state index >= 15 is 0 Å². The van der Waals surface area contributed by atoms with Crippen LogP contribution in [0.15, 0.2) is 54.6 Å². The predicted molar refractivity (Wildman–Crippen MR) is 129 cm³/mol. The van der Waals surface area contributed by atoms with Gasteiger partial charge >= 0.3 is 6.03 Å². The zero-order chi connectivity index (χ0) is 23.4. The summed E-state index contributed by atoms with van der Waals surface area (Å²) in [7, 11) is 0. The number of hydrogen-bond donors (Lipinski definition) is 1. The summed E-state index contributed by atoms with van der Waals surface area (Å²) in [6, 6.07) is 17.5. The third kappa shape index (κ3) is 5.08. The smallest absolute Gasteiger partial charge is 0.317 e. The molecule has 1 saturated heterocycles. The zero-order valence-corrected chi connectivity index (χ0v) is 19.5. The SMILES string of the molecule is Cc1cccc(C(=O)N2CCCN(C(=O)NCc3c(C)nn(-c4ccccc4)c3C)CC2)c1. The van der Waals surface area contributed by atoms with Crippen LogP contribution in [0, 0.1) is 20.8 Å². The molecule has 1 aromatic heterocycles. The third-order valence-corrected chi connectivity index (χ3v) is 6.19. The molecule has 7 nitrogen and oxygen atoms in total. The summed E-state index contributed by atoms with van der Waals surface area (Å²) in [5.41, 5.74) is 5.72. The summed E-state index contributed by atoms with van der Waals surface area (Å²) < 4.78 is 1.91. The molecule has 0 unspecified atom stereocenters. The molecule has 1 N–H and O–H groups in total. The highest BCUT2D eigenvalue weighted by Gasteiger charge is 2.23. The summed E-state index contributed by atoms with van der Waals surface area (Å²) >= 11 is 0. The molecule has 7 heteroatoms. The Morgan fingerprint density at radius 3 is 2.39 bits per heavy atom. The number of nitrogens with one attached hydrogen (secondary N) is 1. The van der Waals surface area contributed by atoms with E-state index in [0.29, 0.717) is 38.3 Å². The van der Waals surface area contributed by atoms with Crippen molar-refractivity contribution < 1.29 is 9.59 Å². The van der Waals surface area contributed by atoms with Crippen LogP contribution in [0.3, 0.4) is 0 Å². The van der Waals surface area contributed by atoms with Crippen LogP contribution in [0.25, 0.3) is 5.69 Å². The maximum Gasteiger partial charge on any atom is 0.317 e. The number of aromatic nitrogens is 2. The fourth-order valence-electron chi connectivity index (χ4n) is 4.31. The number of hydrogen-bond acceptors (Lipinski definition) is 3. The molecule has 2 aromatic carbocycles. The summed E-state index contributed by atoms with van der Waals surface area (Å²) in [5, 5.41) is 7.71. The number of urea groups is 1. The van der Waals surface area contributed by atoms with Gasteiger partial charge in [-0.15, -0.1) is 0 Å². The lowest BCUT2D eigenvalue weighted by molar-refractivity contribution is 0.0762. The first-order chi connectivity index (χ1) is 15.9. The first-order valence-electron chi connectivity index (χ1n) is 11.4. The van der Waals surface area contributed by atoms with Crippen LogP contribution in [-0.2, 0) is 6.54 Å². The number of carbonyl (C=O) groups excluding carboxylic acids is 2. The Bertz CT molecular complexity index is 1140. The highest BCUT2D eigenvalue weighted by atomic mass is 16.2. The monoisotopic (exact) mass is 445 g/mol. The van der Waals surface area contributed by atoms with Gasteiger partial charge in [0.1, 0.15) is 0 Å². The normalized spacial score (nSPS) is 14.2. The van der Waals surface area contributed by atoms with Crippen LogP contribution in [-0.4, -0.2) is 57.7 Å². The molecule has 1 aliphatic heterocycles. The number of nitrogens with zero attached hydrogens (tertiary/aromatic N) is 4. The van der Waals surface area contributed by atoms with E-state index < -0.39 is 0 Å². The molecule has 0 radical (unpaired) electrons. The van der Waals surface area contributed by atoms with Gasteiger partial charge in [0.15, 0.2) is 0 Å². The lowest BCUT2D eigenvalue weighted by Gasteiger charge is -2.22. The third-order valence-electron chi connectivity index (χ3n) is 6.19. The van der Waals surface area contributed by atoms with Gasteiger partial charge in [-0.25, -0.2) is 9.48 Å². The van der Waals surface area contributed by atoms with Gasteiger partial charge in [-0.1, -0.05) is 35.9 Å². The molecule has 172 valence electrons. The van der Waals surface area contributed by atoms with Crippen LogP contribution in [0.1, 0.15) is 39.3 Å². The van der Waals surface area contributed by atoms with Crippen molar-refractivity contribution in [2.24, 2.45) is 0 Å². The van der Waals surface area contributed by atoms with E-state index in [1.807, 2.05) is 85.0 Å². The minimum Gasteiger partial charge on any atom is -0.337 e.